The van der Waals surface area contributed by atoms with Crippen molar-refractivity contribution >= 4 is 29.0 Å². The Kier molecular flexibility index (Phi) is 4.89. The Morgan fingerprint density at radius 1 is 1.08 bits per heavy atom. The highest BCUT2D eigenvalue weighted by Crippen LogP contribution is 2.27. The molecule has 0 aromatic heterocycles. The van der Waals surface area contributed by atoms with E-state index in [1.807, 2.05) is 32.0 Å². The number of amides is 2. The number of nitrogens with zero attached hydrogens (tertiary/aromatic N) is 1. The van der Waals surface area contributed by atoms with Gasteiger partial charge >= 0.3 is 0 Å². The van der Waals surface area contributed by atoms with Crippen LogP contribution in [0.5, 0.6) is 0 Å². The van der Waals surface area contributed by atoms with Gasteiger partial charge in [0, 0.05) is 29.9 Å². The number of rotatable bonds is 4. The van der Waals surface area contributed by atoms with Crippen LogP contribution in [0.3, 0.4) is 0 Å². The van der Waals surface area contributed by atoms with Gasteiger partial charge in [-0.25, -0.2) is 0 Å². The Balaban J connectivity index is 1.70. The lowest BCUT2D eigenvalue weighted by molar-refractivity contribution is -0.122. The van der Waals surface area contributed by atoms with Crippen molar-refractivity contribution in [1.29, 1.82) is 0 Å². The van der Waals surface area contributed by atoms with Gasteiger partial charge < -0.3 is 10.2 Å². The molecular weight excluding hydrogens is 328 g/mol. The normalized spacial score (nSPS) is 16.7. The maximum atomic E-state index is 12.6. The molecule has 1 heterocycles. The maximum absolute atomic E-state index is 12.6. The average molecular weight is 350 g/mol. The lowest BCUT2D eigenvalue weighted by atomic mass is 10.1. The second-order valence-corrected chi connectivity index (χ2v) is 6.82. The van der Waals surface area contributed by atoms with Gasteiger partial charge in [0.2, 0.25) is 11.8 Å². The Morgan fingerprint density at radius 3 is 2.38 bits per heavy atom. The third-order valence-electron chi connectivity index (χ3n) is 4.72. The van der Waals surface area contributed by atoms with E-state index in [1.54, 1.807) is 29.2 Å². The van der Waals surface area contributed by atoms with Crippen LogP contribution in [-0.4, -0.2) is 24.1 Å². The fourth-order valence-electron chi connectivity index (χ4n) is 3.20. The van der Waals surface area contributed by atoms with E-state index in [0.717, 1.165) is 16.8 Å². The van der Waals surface area contributed by atoms with Crippen LogP contribution < -0.4 is 10.2 Å². The van der Waals surface area contributed by atoms with Crippen molar-refractivity contribution in [1.82, 2.24) is 0 Å². The van der Waals surface area contributed by atoms with Crippen LogP contribution in [0.15, 0.2) is 42.5 Å². The molecule has 0 spiro atoms. The van der Waals surface area contributed by atoms with Gasteiger partial charge in [0.15, 0.2) is 5.78 Å². The fraction of sp³-hybridized carbons (Fsp3) is 0.286. The van der Waals surface area contributed by atoms with E-state index in [9.17, 15) is 14.4 Å². The molecule has 1 atom stereocenters. The van der Waals surface area contributed by atoms with Gasteiger partial charge in [0.1, 0.15) is 0 Å². The molecule has 134 valence electrons. The lowest BCUT2D eigenvalue weighted by Gasteiger charge is -2.17. The van der Waals surface area contributed by atoms with Crippen molar-refractivity contribution in [2.75, 3.05) is 16.8 Å². The molecule has 1 saturated heterocycles. The minimum atomic E-state index is -0.393. The van der Waals surface area contributed by atoms with E-state index >= 15 is 0 Å². The number of hydrogen-bond acceptors (Lipinski definition) is 3. The van der Waals surface area contributed by atoms with E-state index in [-0.39, 0.29) is 24.0 Å². The standard InChI is InChI=1S/C21H22N2O3/c1-13-4-9-19(14(2)10-13)22-21(26)17-11-20(25)23(12-17)18-7-5-16(6-8-18)15(3)24/h4-10,17H,11-12H2,1-3H3,(H,22,26). The van der Waals surface area contributed by atoms with E-state index in [4.69, 9.17) is 0 Å². The van der Waals surface area contributed by atoms with Crippen LogP contribution in [0, 0.1) is 19.8 Å². The van der Waals surface area contributed by atoms with Gasteiger partial charge in [-0.3, -0.25) is 14.4 Å². The molecule has 0 aliphatic carbocycles. The first kappa shape index (κ1) is 17.9. The molecule has 1 unspecified atom stereocenters. The zero-order valence-corrected chi connectivity index (χ0v) is 15.2. The largest absolute Gasteiger partial charge is 0.326 e. The zero-order valence-electron chi connectivity index (χ0n) is 15.2. The molecule has 0 bridgehead atoms. The van der Waals surface area contributed by atoms with Gasteiger partial charge in [-0.2, -0.15) is 0 Å². The average Bonchev–Trinajstić information content (AvgIpc) is 2.99. The summed E-state index contributed by atoms with van der Waals surface area (Å²) in [5.74, 6) is -0.639. The molecule has 1 fully saturated rings. The summed E-state index contributed by atoms with van der Waals surface area (Å²) in [5.41, 5.74) is 4.22. The highest BCUT2D eigenvalue weighted by Gasteiger charge is 2.35. The molecule has 2 aromatic carbocycles. The van der Waals surface area contributed by atoms with Crippen molar-refractivity contribution in [3.05, 3.63) is 59.2 Å². The predicted molar refractivity (Wildman–Crippen MR) is 101 cm³/mol. The maximum Gasteiger partial charge on any atom is 0.229 e. The number of aryl methyl sites for hydroxylation is 2. The highest BCUT2D eigenvalue weighted by molar-refractivity contribution is 6.04. The quantitative estimate of drug-likeness (QED) is 0.858. The number of Topliss-reactive ketones (excluding diaryl/α,β-unsaturated/α-hetero) is 1. The lowest BCUT2D eigenvalue weighted by Crippen LogP contribution is -2.28. The van der Waals surface area contributed by atoms with Crippen LogP contribution in [0.2, 0.25) is 0 Å². The molecule has 5 heteroatoms. The van der Waals surface area contributed by atoms with Crippen LogP contribution >= 0.6 is 0 Å². The summed E-state index contributed by atoms with van der Waals surface area (Å²) in [6, 6.07) is 12.8. The van der Waals surface area contributed by atoms with Crippen molar-refractivity contribution in [2.24, 2.45) is 5.92 Å². The Labute approximate surface area is 153 Å². The smallest absolute Gasteiger partial charge is 0.229 e. The summed E-state index contributed by atoms with van der Waals surface area (Å²) in [6.45, 7) is 5.80. The summed E-state index contributed by atoms with van der Waals surface area (Å²) in [7, 11) is 0. The number of carbonyl (C=O) groups excluding carboxylic acids is 3. The minimum Gasteiger partial charge on any atom is -0.326 e. The first-order chi connectivity index (χ1) is 12.3. The van der Waals surface area contributed by atoms with Crippen LogP contribution in [0.4, 0.5) is 11.4 Å². The van der Waals surface area contributed by atoms with Crippen molar-refractivity contribution in [3.8, 4) is 0 Å². The van der Waals surface area contributed by atoms with Crippen LogP contribution in [-0.2, 0) is 9.59 Å². The van der Waals surface area contributed by atoms with Crippen molar-refractivity contribution in [3.63, 3.8) is 0 Å². The predicted octanol–water partition coefficient (Wildman–Crippen LogP) is 3.50. The molecule has 5 nitrogen and oxygen atoms in total. The van der Waals surface area contributed by atoms with Crippen LogP contribution in [0.1, 0.15) is 34.8 Å². The van der Waals surface area contributed by atoms with Crippen molar-refractivity contribution < 1.29 is 14.4 Å². The number of nitrogens with one attached hydrogen (secondary N) is 1. The Hall–Kier alpha value is -2.95. The first-order valence-electron chi connectivity index (χ1n) is 8.64. The third-order valence-corrected chi connectivity index (χ3v) is 4.72. The monoisotopic (exact) mass is 350 g/mol. The number of benzene rings is 2. The Morgan fingerprint density at radius 2 is 1.77 bits per heavy atom. The first-order valence-corrected chi connectivity index (χ1v) is 8.64. The summed E-state index contributed by atoms with van der Waals surface area (Å²) in [6.07, 6.45) is 0.186. The summed E-state index contributed by atoms with van der Waals surface area (Å²) >= 11 is 0. The fourth-order valence-corrected chi connectivity index (χ4v) is 3.20. The molecule has 2 amide bonds. The van der Waals surface area contributed by atoms with Gasteiger partial charge in [0.25, 0.3) is 0 Å². The molecule has 0 radical (unpaired) electrons. The molecule has 26 heavy (non-hydrogen) atoms. The topological polar surface area (TPSA) is 66.5 Å². The van der Waals surface area contributed by atoms with E-state index < -0.39 is 5.92 Å². The zero-order chi connectivity index (χ0) is 18.8. The van der Waals surface area contributed by atoms with Crippen molar-refractivity contribution in [2.45, 2.75) is 27.2 Å². The molecule has 2 aromatic rings. The summed E-state index contributed by atoms with van der Waals surface area (Å²) in [4.78, 5) is 37.9. The third kappa shape index (κ3) is 3.67. The number of ketones is 1. The SMILES string of the molecule is CC(=O)c1ccc(N2CC(C(=O)Nc3ccc(C)cc3C)CC2=O)cc1. The summed E-state index contributed by atoms with van der Waals surface area (Å²) in [5, 5.41) is 2.93. The second kappa shape index (κ2) is 7.12. The van der Waals surface area contributed by atoms with Gasteiger partial charge in [0.05, 0.1) is 5.92 Å². The van der Waals surface area contributed by atoms with Gasteiger partial charge in [-0.1, -0.05) is 17.7 Å². The minimum absolute atomic E-state index is 0.0185. The number of carbonyl (C=O) groups is 3. The Bertz CT molecular complexity index is 871. The van der Waals surface area contributed by atoms with Gasteiger partial charge in [-0.05, 0) is 56.7 Å². The molecule has 1 N–H and O–H groups in total. The van der Waals surface area contributed by atoms with Crippen LogP contribution in [0.25, 0.3) is 0 Å². The van der Waals surface area contributed by atoms with Gasteiger partial charge in [-0.15, -0.1) is 0 Å². The van der Waals surface area contributed by atoms with E-state index in [1.165, 1.54) is 6.92 Å². The van der Waals surface area contributed by atoms with E-state index in [0.29, 0.717) is 17.8 Å². The number of hydrogen-bond donors (Lipinski definition) is 1. The van der Waals surface area contributed by atoms with E-state index in [2.05, 4.69) is 5.32 Å². The summed E-state index contributed by atoms with van der Waals surface area (Å²) < 4.78 is 0. The molecular formula is C21H22N2O3. The molecule has 1 aliphatic rings. The molecule has 1 aliphatic heterocycles. The molecule has 0 saturated carbocycles. The highest BCUT2D eigenvalue weighted by atomic mass is 16.2. The molecule has 3 rings (SSSR count). The second-order valence-electron chi connectivity index (χ2n) is 6.82. The number of anilines is 2.